The summed E-state index contributed by atoms with van der Waals surface area (Å²) < 4.78 is 4.73. The summed E-state index contributed by atoms with van der Waals surface area (Å²) in [5.74, 6) is 0.306. The number of ether oxygens (including phenoxy) is 1. The standard InChI is InChI=1S/C8H10ClNO2/c1-5(2)3-6-8(11)12-7(4-9)10-6/h3,5H,4H2,1-2H3/b6-3+. The van der Waals surface area contributed by atoms with Crippen LogP contribution < -0.4 is 0 Å². The highest BCUT2D eigenvalue weighted by Crippen LogP contribution is 2.13. The highest BCUT2D eigenvalue weighted by molar-refractivity contribution is 6.29. The van der Waals surface area contributed by atoms with Crippen molar-refractivity contribution in [3.05, 3.63) is 11.8 Å². The Labute approximate surface area is 76.1 Å². The summed E-state index contributed by atoms with van der Waals surface area (Å²) in [5, 5.41) is 0. The fourth-order valence-corrected chi connectivity index (χ4v) is 0.955. The first-order valence-corrected chi connectivity index (χ1v) is 4.24. The zero-order valence-electron chi connectivity index (χ0n) is 7.00. The number of carbonyl (C=O) groups excluding carboxylic acids is 1. The fraction of sp³-hybridized carbons (Fsp3) is 0.500. The van der Waals surface area contributed by atoms with E-state index in [0.29, 0.717) is 5.70 Å². The summed E-state index contributed by atoms with van der Waals surface area (Å²) >= 11 is 5.44. The molecule has 0 N–H and O–H groups in total. The van der Waals surface area contributed by atoms with Gasteiger partial charge >= 0.3 is 5.97 Å². The molecule has 0 fully saturated rings. The van der Waals surface area contributed by atoms with Crippen molar-refractivity contribution in [3.63, 3.8) is 0 Å². The average Bonchev–Trinajstić information content (AvgIpc) is 2.31. The molecule has 3 nitrogen and oxygen atoms in total. The summed E-state index contributed by atoms with van der Waals surface area (Å²) in [4.78, 5) is 14.9. The van der Waals surface area contributed by atoms with Crippen LogP contribution in [-0.2, 0) is 9.53 Å². The van der Waals surface area contributed by atoms with Crippen molar-refractivity contribution < 1.29 is 9.53 Å². The Kier molecular flexibility index (Phi) is 2.87. The molecule has 0 amide bonds. The quantitative estimate of drug-likeness (QED) is 0.375. The van der Waals surface area contributed by atoms with Gasteiger partial charge in [0.1, 0.15) is 5.70 Å². The van der Waals surface area contributed by atoms with Crippen LogP contribution in [0.5, 0.6) is 0 Å². The van der Waals surface area contributed by atoms with Crippen LogP contribution in [0.2, 0.25) is 0 Å². The second-order valence-electron chi connectivity index (χ2n) is 2.82. The van der Waals surface area contributed by atoms with E-state index in [2.05, 4.69) is 4.99 Å². The van der Waals surface area contributed by atoms with E-state index in [1.165, 1.54) is 0 Å². The number of carbonyl (C=O) groups is 1. The van der Waals surface area contributed by atoms with Gasteiger partial charge in [-0.05, 0) is 12.0 Å². The molecule has 0 aliphatic carbocycles. The van der Waals surface area contributed by atoms with Gasteiger partial charge in [0.2, 0.25) is 5.90 Å². The molecule has 0 aromatic carbocycles. The summed E-state index contributed by atoms with van der Waals surface area (Å²) in [5.41, 5.74) is 0.362. The van der Waals surface area contributed by atoms with E-state index in [4.69, 9.17) is 16.3 Å². The molecule has 0 aromatic heterocycles. The molecule has 0 saturated heterocycles. The first-order valence-electron chi connectivity index (χ1n) is 3.71. The second kappa shape index (κ2) is 3.72. The van der Waals surface area contributed by atoms with Gasteiger partial charge in [-0.15, -0.1) is 11.6 Å². The molecule has 0 unspecified atom stereocenters. The Balaban J connectivity index is 2.79. The summed E-state index contributed by atoms with van der Waals surface area (Å²) in [6.07, 6.45) is 1.75. The van der Waals surface area contributed by atoms with E-state index < -0.39 is 5.97 Å². The third-order valence-electron chi connectivity index (χ3n) is 1.27. The number of alkyl halides is 1. The summed E-state index contributed by atoms with van der Waals surface area (Å²) in [6.45, 7) is 3.93. The number of nitrogens with zero attached hydrogens (tertiary/aromatic N) is 1. The van der Waals surface area contributed by atoms with Crippen molar-refractivity contribution in [2.75, 3.05) is 5.88 Å². The number of cyclic esters (lactones) is 1. The van der Waals surface area contributed by atoms with Crippen molar-refractivity contribution in [3.8, 4) is 0 Å². The number of aliphatic imine (C=N–C) groups is 1. The smallest absolute Gasteiger partial charge is 0.363 e. The number of rotatable bonds is 2. The van der Waals surface area contributed by atoms with Crippen molar-refractivity contribution >= 4 is 23.5 Å². The molecule has 12 heavy (non-hydrogen) atoms. The minimum atomic E-state index is -0.403. The number of hydrogen-bond donors (Lipinski definition) is 0. The zero-order valence-corrected chi connectivity index (χ0v) is 7.76. The second-order valence-corrected chi connectivity index (χ2v) is 3.09. The monoisotopic (exact) mass is 187 g/mol. The molecule has 0 saturated carbocycles. The van der Waals surface area contributed by atoms with Crippen molar-refractivity contribution in [1.82, 2.24) is 0 Å². The lowest BCUT2D eigenvalue weighted by Crippen LogP contribution is -2.04. The Morgan fingerprint density at radius 3 is 2.75 bits per heavy atom. The van der Waals surface area contributed by atoms with Gasteiger partial charge in [-0.1, -0.05) is 13.8 Å². The molecule has 4 heteroatoms. The minimum absolute atomic E-state index is 0.140. The molecule has 0 spiro atoms. The average molecular weight is 188 g/mol. The Bertz CT molecular complexity index is 256. The molecule has 0 radical (unpaired) electrons. The van der Waals surface area contributed by atoms with E-state index in [9.17, 15) is 4.79 Å². The lowest BCUT2D eigenvalue weighted by molar-refractivity contribution is -0.130. The topological polar surface area (TPSA) is 38.7 Å². The number of esters is 1. The molecule has 66 valence electrons. The van der Waals surface area contributed by atoms with Crippen LogP contribution >= 0.6 is 11.6 Å². The Hall–Kier alpha value is -0.830. The molecule has 0 aromatic rings. The van der Waals surface area contributed by atoms with Crippen molar-refractivity contribution in [2.45, 2.75) is 13.8 Å². The summed E-state index contributed by atoms with van der Waals surface area (Å²) in [7, 11) is 0. The van der Waals surface area contributed by atoms with Crippen LogP contribution in [0.4, 0.5) is 0 Å². The maximum atomic E-state index is 11.0. The molecular formula is C8H10ClNO2. The van der Waals surface area contributed by atoms with E-state index in [1.807, 2.05) is 13.8 Å². The Morgan fingerprint density at radius 2 is 2.33 bits per heavy atom. The van der Waals surface area contributed by atoms with E-state index >= 15 is 0 Å². The largest absolute Gasteiger partial charge is 0.405 e. The van der Waals surface area contributed by atoms with Gasteiger partial charge in [0, 0.05) is 0 Å². The van der Waals surface area contributed by atoms with Gasteiger partial charge in [-0.3, -0.25) is 0 Å². The minimum Gasteiger partial charge on any atom is -0.405 e. The predicted molar refractivity (Wildman–Crippen MR) is 47.2 cm³/mol. The third-order valence-corrected chi connectivity index (χ3v) is 1.50. The molecule has 1 rings (SSSR count). The van der Waals surface area contributed by atoms with Gasteiger partial charge in [0.15, 0.2) is 0 Å². The summed E-state index contributed by atoms with van der Waals surface area (Å²) in [6, 6.07) is 0. The number of halogens is 1. The van der Waals surface area contributed by atoms with E-state index in [1.54, 1.807) is 6.08 Å². The van der Waals surface area contributed by atoms with Crippen LogP contribution in [0.25, 0.3) is 0 Å². The SMILES string of the molecule is CC(C)/C=C1/N=C(CCl)OC1=O. The maximum absolute atomic E-state index is 11.0. The zero-order chi connectivity index (χ0) is 9.14. The van der Waals surface area contributed by atoms with Gasteiger partial charge in [-0.2, -0.15) is 0 Å². The van der Waals surface area contributed by atoms with Gasteiger partial charge in [0.25, 0.3) is 0 Å². The van der Waals surface area contributed by atoms with Gasteiger partial charge < -0.3 is 4.74 Å². The first kappa shape index (κ1) is 9.26. The van der Waals surface area contributed by atoms with Crippen LogP contribution in [-0.4, -0.2) is 17.7 Å². The molecule has 0 atom stereocenters. The van der Waals surface area contributed by atoms with Crippen LogP contribution in [0.3, 0.4) is 0 Å². The molecule has 1 heterocycles. The molecule has 0 bridgehead atoms. The Morgan fingerprint density at radius 1 is 1.67 bits per heavy atom. The van der Waals surface area contributed by atoms with E-state index in [-0.39, 0.29) is 17.7 Å². The van der Waals surface area contributed by atoms with Crippen molar-refractivity contribution in [2.24, 2.45) is 10.9 Å². The lowest BCUT2D eigenvalue weighted by Gasteiger charge is -1.93. The van der Waals surface area contributed by atoms with Gasteiger partial charge in [0.05, 0.1) is 5.88 Å². The lowest BCUT2D eigenvalue weighted by atomic mass is 10.2. The highest BCUT2D eigenvalue weighted by Gasteiger charge is 2.21. The van der Waals surface area contributed by atoms with Crippen LogP contribution in [0.1, 0.15) is 13.8 Å². The van der Waals surface area contributed by atoms with Crippen LogP contribution in [0.15, 0.2) is 16.8 Å². The number of hydrogen-bond acceptors (Lipinski definition) is 3. The fourth-order valence-electron chi connectivity index (χ4n) is 0.840. The third kappa shape index (κ3) is 2.08. The highest BCUT2D eigenvalue weighted by atomic mass is 35.5. The normalized spacial score (nSPS) is 20.2. The van der Waals surface area contributed by atoms with Gasteiger partial charge in [-0.25, -0.2) is 9.79 Å². The first-order chi connectivity index (χ1) is 5.63. The maximum Gasteiger partial charge on any atom is 0.363 e. The predicted octanol–water partition coefficient (Wildman–Crippen LogP) is 1.72. The molecule has 1 aliphatic rings. The number of allylic oxidation sites excluding steroid dienone is 1. The molecular weight excluding hydrogens is 178 g/mol. The van der Waals surface area contributed by atoms with Crippen molar-refractivity contribution in [1.29, 1.82) is 0 Å². The molecule has 1 aliphatic heterocycles. The van der Waals surface area contributed by atoms with E-state index in [0.717, 1.165) is 0 Å². The van der Waals surface area contributed by atoms with Crippen LogP contribution in [0, 0.1) is 5.92 Å².